The quantitative estimate of drug-likeness (QED) is 0.847. The molecule has 0 saturated heterocycles. The molecule has 16 heavy (non-hydrogen) atoms. The first-order valence-electron chi connectivity index (χ1n) is 4.26. The van der Waals surface area contributed by atoms with Gasteiger partial charge in [0.05, 0.1) is 16.3 Å². The van der Waals surface area contributed by atoms with Crippen LogP contribution >= 0.6 is 23.4 Å². The van der Waals surface area contributed by atoms with Gasteiger partial charge in [-0.2, -0.15) is 5.26 Å². The summed E-state index contributed by atoms with van der Waals surface area (Å²) in [5.74, 6) is 0.170. The summed E-state index contributed by atoms with van der Waals surface area (Å²) in [6.45, 7) is 0. The number of primary sulfonamides is 1. The van der Waals surface area contributed by atoms with Crippen LogP contribution in [-0.4, -0.2) is 19.9 Å². The standard InChI is InChI=1S/C9H9ClN2O2S2/c10-8-2-1-3-9(7(8)6-11)15-4-5-16(12,13)14/h1-3H,4-5H2,(H2,12,13,14). The first-order valence-corrected chi connectivity index (χ1v) is 7.34. The molecule has 2 N–H and O–H groups in total. The molecule has 86 valence electrons. The number of sulfonamides is 1. The summed E-state index contributed by atoms with van der Waals surface area (Å²) < 4.78 is 21.4. The number of nitriles is 1. The summed E-state index contributed by atoms with van der Waals surface area (Å²) in [5, 5.41) is 14.1. The van der Waals surface area contributed by atoms with Crippen LogP contribution in [0.5, 0.6) is 0 Å². The smallest absolute Gasteiger partial charge is 0.209 e. The summed E-state index contributed by atoms with van der Waals surface area (Å²) in [7, 11) is -3.46. The van der Waals surface area contributed by atoms with Crippen LogP contribution in [0.4, 0.5) is 0 Å². The minimum absolute atomic E-state index is 0.130. The molecular weight excluding hydrogens is 268 g/mol. The van der Waals surface area contributed by atoms with Crippen LogP contribution in [0.1, 0.15) is 5.56 Å². The molecule has 0 amide bonds. The molecule has 1 rings (SSSR count). The predicted molar refractivity (Wildman–Crippen MR) is 64.9 cm³/mol. The number of thioether (sulfide) groups is 1. The zero-order valence-electron chi connectivity index (χ0n) is 8.18. The number of benzene rings is 1. The number of halogens is 1. The molecule has 1 aromatic carbocycles. The van der Waals surface area contributed by atoms with Crippen LogP contribution in [0.2, 0.25) is 5.02 Å². The van der Waals surface area contributed by atoms with E-state index in [1.165, 1.54) is 11.8 Å². The Morgan fingerprint density at radius 2 is 2.19 bits per heavy atom. The Balaban J connectivity index is 2.76. The van der Waals surface area contributed by atoms with E-state index in [1.807, 2.05) is 6.07 Å². The van der Waals surface area contributed by atoms with Crippen molar-refractivity contribution in [3.63, 3.8) is 0 Å². The van der Waals surface area contributed by atoms with Crippen LogP contribution in [0.3, 0.4) is 0 Å². The predicted octanol–water partition coefficient (Wildman–Crippen LogP) is 1.59. The van der Waals surface area contributed by atoms with E-state index in [-0.39, 0.29) is 5.75 Å². The van der Waals surface area contributed by atoms with Crippen molar-refractivity contribution in [3.05, 3.63) is 28.8 Å². The van der Waals surface area contributed by atoms with Crippen molar-refractivity contribution in [2.45, 2.75) is 4.90 Å². The highest BCUT2D eigenvalue weighted by Crippen LogP contribution is 2.27. The lowest BCUT2D eigenvalue weighted by atomic mass is 10.2. The van der Waals surface area contributed by atoms with Gasteiger partial charge >= 0.3 is 0 Å². The van der Waals surface area contributed by atoms with Gasteiger partial charge in [-0.3, -0.25) is 0 Å². The average Bonchev–Trinajstić information content (AvgIpc) is 2.16. The van der Waals surface area contributed by atoms with Gasteiger partial charge < -0.3 is 0 Å². The van der Waals surface area contributed by atoms with Crippen molar-refractivity contribution < 1.29 is 8.42 Å². The van der Waals surface area contributed by atoms with E-state index >= 15 is 0 Å². The second kappa shape index (κ2) is 5.55. The van der Waals surface area contributed by atoms with Crippen LogP contribution < -0.4 is 5.14 Å². The van der Waals surface area contributed by atoms with Crippen LogP contribution in [0.15, 0.2) is 23.1 Å². The molecule has 0 atom stereocenters. The maximum Gasteiger partial charge on any atom is 0.209 e. The molecule has 7 heteroatoms. The monoisotopic (exact) mass is 276 g/mol. The maximum atomic E-state index is 10.7. The number of hydrogen-bond donors (Lipinski definition) is 1. The van der Waals surface area contributed by atoms with Gasteiger partial charge in [-0.05, 0) is 12.1 Å². The minimum atomic E-state index is -3.46. The first kappa shape index (κ1) is 13.3. The highest BCUT2D eigenvalue weighted by molar-refractivity contribution is 8.00. The van der Waals surface area contributed by atoms with E-state index in [2.05, 4.69) is 0 Å². The number of hydrogen-bond acceptors (Lipinski definition) is 4. The Bertz CT molecular complexity index is 523. The number of nitrogens with two attached hydrogens (primary N) is 1. The van der Waals surface area contributed by atoms with Gasteiger partial charge in [-0.25, -0.2) is 13.6 Å². The molecule has 0 bridgehead atoms. The van der Waals surface area contributed by atoms with Crippen molar-refractivity contribution in [1.29, 1.82) is 5.26 Å². The van der Waals surface area contributed by atoms with E-state index in [0.29, 0.717) is 21.2 Å². The molecule has 1 aromatic rings. The van der Waals surface area contributed by atoms with Gasteiger partial charge in [0, 0.05) is 10.6 Å². The molecule has 0 aromatic heterocycles. The van der Waals surface area contributed by atoms with Crippen LogP contribution in [0, 0.1) is 11.3 Å². The average molecular weight is 277 g/mol. The van der Waals surface area contributed by atoms with Gasteiger partial charge in [0.2, 0.25) is 10.0 Å². The fourth-order valence-corrected chi connectivity index (χ4v) is 3.23. The van der Waals surface area contributed by atoms with Gasteiger partial charge in [0.25, 0.3) is 0 Å². The molecule has 0 radical (unpaired) electrons. The topological polar surface area (TPSA) is 83.9 Å². The second-order valence-electron chi connectivity index (χ2n) is 2.94. The summed E-state index contributed by atoms with van der Waals surface area (Å²) in [6.07, 6.45) is 0. The number of rotatable bonds is 4. The van der Waals surface area contributed by atoms with E-state index in [9.17, 15) is 8.42 Å². The lowest BCUT2D eigenvalue weighted by molar-refractivity contribution is 0.599. The highest BCUT2D eigenvalue weighted by atomic mass is 35.5. The van der Waals surface area contributed by atoms with E-state index in [4.69, 9.17) is 22.0 Å². The Labute approximate surface area is 103 Å². The van der Waals surface area contributed by atoms with Gasteiger partial charge in [-0.1, -0.05) is 17.7 Å². The summed E-state index contributed by atoms with van der Waals surface area (Å²) >= 11 is 7.07. The second-order valence-corrected chi connectivity index (χ2v) is 6.22. The summed E-state index contributed by atoms with van der Waals surface area (Å²) in [5.41, 5.74) is 0.364. The SMILES string of the molecule is N#Cc1c(Cl)cccc1SCCS(N)(=O)=O. The molecule has 0 unspecified atom stereocenters. The van der Waals surface area contributed by atoms with Gasteiger partial charge in [-0.15, -0.1) is 11.8 Å². The third-order valence-electron chi connectivity index (χ3n) is 1.71. The summed E-state index contributed by atoms with van der Waals surface area (Å²) in [4.78, 5) is 0.665. The fraction of sp³-hybridized carbons (Fsp3) is 0.222. The van der Waals surface area contributed by atoms with E-state index in [0.717, 1.165) is 0 Å². The first-order chi connectivity index (χ1) is 7.44. The maximum absolute atomic E-state index is 10.7. The van der Waals surface area contributed by atoms with Crippen LogP contribution in [-0.2, 0) is 10.0 Å². The molecule has 0 aliphatic carbocycles. The van der Waals surface area contributed by atoms with Crippen molar-refractivity contribution >= 4 is 33.4 Å². The Hall–Kier alpha value is -0.740. The van der Waals surface area contributed by atoms with E-state index in [1.54, 1.807) is 18.2 Å². The Morgan fingerprint density at radius 1 is 1.50 bits per heavy atom. The molecule has 0 aliphatic rings. The van der Waals surface area contributed by atoms with Gasteiger partial charge in [0.15, 0.2) is 0 Å². The third kappa shape index (κ3) is 4.02. The van der Waals surface area contributed by atoms with Crippen molar-refractivity contribution in [3.8, 4) is 6.07 Å². The Kier molecular flexibility index (Phi) is 4.62. The largest absolute Gasteiger partial charge is 0.229 e. The van der Waals surface area contributed by atoms with Crippen molar-refractivity contribution in [1.82, 2.24) is 0 Å². The third-order valence-corrected chi connectivity index (χ3v) is 4.12. The zero-order chi connectivity index (χ0) is 12.2. The zero-order valence-corrected chi connectivity index (χ0v) is 10.6. The highest BCUT2D eigenvalue weighted by Gasteiger charge is 2.08. The molecule has 0 heterocycles. The molecule has 0 fully saturated rings. The summed E-state index contributed by atoms with van der Waals surface area (Å²) in [6, 6.07) is 7.02. The molecular formula is C9H9ClN2O2S2. The minimum Gasteiger partial charge on any atom is -0.229 e. The fourth-order valence-electron chi connectivity index (χ4n) is 1.00. The van der Waals surface area contributed by atoms with Crippen molar-refractivity contribution in [2.24, 2.45) is 5.14 Å². The molecule has 4 nitrogen and oxygen atoms in total. The normalized spacial score (nSPS) is 11.1. The number of nitrogens with zero attached hydrogens (tertiary/aromatic N) is 1. The lowest BCUT2D eigenvalue weighted by Crippen LogP contribution is -2.17. The van der Waals surface area contributed by atoms with Crippen molar-refractivity contribution in [2.75, 3.05) is 11.5 Å². The van der Waals surface area contributed by atoms with Gasteiger partial charge in [0.1, 0.15) is 6.07 Å². The van der Waals surface area contributed by atoms with E-state index < -0.39 is 10.0 Å². The lowest BCUT2D eigenvalue weighted by Gasteiger charge is -2.04. The molecule has 0 aliphatic heterocycles. The molecule has 0 spiro atoms. The Morgan fingerprint density at radius 3 is 2.75 bits per heavy atom. The van der Waals surface area contributed by atoms with Crippen LogP contribution in [0.25, 0.3) is 0 Å². The molecule has 0 saturated carbocycles.